The molecule has 96 valence electrons. The van der Waals surface area contributed by atoms with Crippen LogP contribution in [0, 0.1) is 6.92 Å². The van der Waals surface area contributed by atoms with Crippen LogP contribution in [0.1, 0.15) is 18.4 Å². The van der Waals surface area contributed by atoms with E-state index in [1.54, 1.807) is 26.0 Å². The molecule has 0 bridgehead atoms. The molecule has 0 radical (unpaired) electrons. The molecule has 0 aromatic carbocycles. The molecule has 1 aromatic rings. The number of hydrogen-bond acceptors (Lipinski definition) is 3. The molecule has 0 spiro atoms. The van der Waals surface area contributed by atoms with E-state index in [1.165, 1.54) is 6.08 Å². The van der Waals surface area contributed by atoms with Gasteiger partial charge in [-0.05, 0) is 25.5 Å². The fourth-order valence-electron chi connectivity index (χ4n) is 1.82. The molecule has 1 aliphatic rings. The number of carbonyl (C=O) groups is 1. The van der Waals surface area contributed by atoms with Crippen molar-refractivity contribution in [3.05, 3.63) is 40.8 Å². The highest BCUT2D eigenvalue weighted by atomic mass is 35.5. The number of halogens is 2. The van der Waals surface area contributed by atoms with Crippen molar-refractivity contribution in [3.63, 3.8) is 0 Å². The van der Waals surface area contributed by atoms with Gasteiger partial charge in [-0.25, -0.2) is 4.79 Å². The van der Waals surface area contributed by atoms with Crippen LogP contribution in [-0.4, -0.2) is 21.6 Å². The molecule has 0 amide bonds. The molecule has 6 heteroatoms. The number of aliphatic carboxylic acids is 1. The normalized spacial score (nSPS) is 27.7. The SMILES string of the molecule is CC1=CC(Cl)C(Cl)(c2cc(C)no2)C=C1C(=O)O. The fourth-order valence-corrected chi connectivity index (χ4v) is 2.44. The summed E-state index contributed by atoms with van der Waals surface area (Å²) in [5.74, 6) is -0.710. The first-order valence-electron chi connectivity index (χ1n) is 5.26. The minimum Gasteiger partial charge on any atom is -0.478 e. The average molecular weight is 288 g/mol. The second-order valence-electron chi connectivity index (χ2n) is 4.22. The van der Waals surface area contributed by atoms with Gasteiger partial charge in [-0.1, -0.05) is 11.2 Å². The molecular formula is C12H11Cl2NO3. The van der Waals surface area contributed by atoms with E-state index in [9.17, 15) is 4.79 Å². The number of carboxylic acids is 1. The Hall–Kier alpha value is -1.26. The maximum Gasteiger partial charge on any atom is 0.335 e. The predicted molar refractivity (Wildman–Crippen MR) is 67.9 cm³/mol. The summed E-state index contributed by atoms with van der Waals surface area (Å²) in [5.41, 5.74) is 1.36. The van der Waals surface area contributed by atoms with Crippen LogP contribution in [0.4, 0.5) is 0 Å². The van der Waals surface area contributed by atoms with Gasteiger partial charge in [0.25, 0.3) is 0 Å². The maximum atomic E-state index is 11.1. The lowest BCUT2D eigenvalue weighted by atomic mass is 9.88. The van der Waals surface area contributed by atoms with Gasteiger partial charge in [0.15, 0.2) is 5.76 Å². The van der Waals surface area contributed by atoms with E-state index in [-0.39, 0.29) is 5.57 Å². The molecule has 0 saturated carbocycles. The third-order valence-electron chi connectivity index (χ3n) is 2.81. The number of hydrogen-bond donors (Lipinski definition) is 1. The number of rotatable bonds is 2. The zero-order chi connectivity index (χ0) is 13.5. The van der Waals surface area contributed by atoms with E-state index < -0.39 is 16.2 Å². The minimum atomic E-state index is -1.23. The Bertz CT molecular complexity index is 561. The van der Waals surface area contributed by atoms with Crippen molar-refractivity contribution in [2.45, 2.75) is 24.1 Å². The Labute approximate surface area is 114 Å². The van der Waals surface area contributed by atoms with Crippen molar-refractivity contribution in [1.82, 2.24) is 5.16 Å². The third-order valence-corrected chi connectivity index (χ3v) is 3.93. The van der Waals surface area contributed by atoms with E-state index in [0.29, 0.717) is 17.0 Å². The first-order valence-corrected chi connectivity index (χ1v) is 6.08. The largest absolute Gasteiger partial charge is 0.478 e. The Morgan fingerprint density at radius 3 is 2.72 bits per heavy atom. The Morgan fingerprint density at radius 1 is 1.56 bits per heavy atom. The maximum absolute atomic E-state index is 11.1. The van der Waals surface area contributed by atoms with Crippen molar-refractivity contribution in [3.8, 4) is 0 Å². The van der Waals surface area contributed by atoms with Crippen molar-refractivity contribution in [1.29, 1.82) is 0 Å². The van der Waals surface area contributed by atoms with Gasteiger partial charge in [-0.3, -0.25) is 0 Å². The molecule has 0 saturated heterocycles. The van der Waals surface area contributed by atoms with Gasteiger partial charge in [0, 0.05) is 6.07 Å². The summed E-state index contributed by atoms with van der Waals surface area (Å²) in [6.07, 6.45) is 3.01. The first kappa shape index (κ1) is 13.2. The van der Waals surface area contributed by atoms with E-state index in [0.717, 1.165) is 0 Å². The topological polar surface area (TPSA) is 63.3 Å². The Morgan fingerprint density at radius 2 is 2.22 bits per heavy atom. The van der Waals surface area contributed by atoms with E-state index in [4.69, 9.17) is 32.8 Å². The van der Waals surface area contributed by atoms with E-state index in [1.807, 2.05) is 0 Å². The lowest BCUT2D eigenvalue weighted by Gasteiger charge is -2.28. The van der Waals surface area contributed by atoms with Crippen molar-refractivity contribution in [2.24, 2.45) is 0 Å². The molecule has 1 aliphatic carbocycles. The predicted octanol–water partition coefficient (Wildman–Crippen LogP) is 3.00. The zero-order valence-electron chi connectivity index (χ0n) is 9.78. The zero-order valence-corrected chi connectivity index (χ0v) is 11.3. The molecule has 4 nitrogen and oxygen atoms in total. The molecule has 1 N–H and O–H groups in total. The second kappa shape index (κ2) is 4.44. The smallest absolute Gasteiger partial charge is 0.335 e. The van der Waals surface area contributed by atoms with Gasteiger partial charge < -0.3 is 9.63 Å². The number of allylic oxidation sites excluding steroid dienone is 2. The monoisotopic (exact) mass is 287 g/mol. The lowest BCUT2D eigenvalue weighted by Crippen LogP contribution is -2.31. The quantitative estimate of drug-likeness (QED) is 0.850. The summed E-state index contributed by atoms with van der Waals surface area (Å²) in [6.45, 7) is 3.43. The van der Waals surface area contributed by atoms with Crippen LogP contribution in [-0.2, 0) is 9.67 Å². The van der Waals surface area contributed by atoms with Crippen LogP contribution in [0.25, 0.3) is 0 Å². The number of aryl methyl sites for hydroxylation is 1. The number of nitrogens with zero attached hydrogens (tertiary/aromatic N) is 1. The van der Waals surface area contributed by atoms with Gasteiger partial charge in [0.2, 0.25) is 0 Å². The van der Waals surface area contributed by atoms with Crippen LogP contribution in [0.2, 0.25) is 0 Å². The van der Waals surface area contributed by atoms with Gasteiger partial charge in [-0.15, -0.1) is 23.2 Å². The van der Waals surface area contributed by atoms with Crippen molar-refractivity contribution in [2.75, 3.05) is 0 Å². The number of carboxylic acid groups (broad SMARTS) is 1. The fraction of sp³-hybridized carbons (Fsp3) is 0.333. The summed E-state index contributed by atoms with van der Waals surface area (Å²) in [4.78, 5) is 9.91. The standard InChI is InChI=1S/C12H11Cl2NO3/c1-6-3-9(13)12(14,5-8(6)11(16)17)10-4-7(2)15-18-10/h3-5,9H,1-2H3,(H,16,17). The molecule has 1 aromatic heterocycles. The van der Waals surface area contributed by atoms with Crippen molar-refractivity contribution < 1.29 is 14.4 Å². The Kier molecular flexibility index (Phi) is 3.25. The average Bonchev–Trinajstić information content (AvgIpc) is 2.70. The summed E-state index contributed by atoms with van der Waals surface area (Å²) in [6, 6.07) is 1.65. The third kappa shape index (κ3) is 2.06. The minimum absolute atomic E-state index is 0.121. The molecule has 2 unspecified atom stereocenters. The van der Waals surface area contributed by atoms with Gasteiger partial charge >= 0.3 is 5.97 Å². The van der Waals surface area contributed by atoms with Crippen LogP contribution < -0.4 is 0 Å². The van der Waals surface area contributed by atoms with Crippen LogP contribution in [0.3, 0.4) is 0 Å². The summed E-state index contributed by atoms with van der Waals surface area (Å²) < 4.78 is 5.11. The Balaban J connectivity index is 2.53. The molecule has 2 rings (SSSR count). The number of alkyl halides is 2. The lowest BCUT2D eigenvalue weighted by molar-refractivity contribution is -0.132. The number of aromatic nitrogens is 1. The molecule has 0 aliphatic heterocycles. The molecule has 18 heavy (non-hydrogen) atoms. The highest BCUT2D eigenvalue weighted by Crippen LogP contribution is 2.43. The van der Waals surface area contributed by atoms with E-state index in [2.05, 4.69) is 5.16 Å². The highest BCUT2D eigenvalue weighted by Gasteiger charge is 2.42. The molecule has 0 fully saturated rings. The molecule has 1 heterocycles. The summed E-state index contributed by atoms with van der Waals surface area (Å²) >= 11 is 12.6. The van der Waals surface area contributed by atoms with Crippen LogP contribution in [0.5, 0.6) is 0 Å². The van der Waals surface area contributed by atoms with Crippen molar-refractivity contribution >= 4 is 29.2 Å². The van der Waals surface area contributed by atoms with Gasteiger partial charge in [0.05, 0.1) is 16.6 Å². The first-order chi connectivity index (χ1) is 8.34. The van der Waals surface area contributed by atoms with Crippen LogP contribution in [0.15, 0.2) is 33.9 Å². The summed E-state index contributed by atoms with van der Waals surface area (Å²) in [5, 5.41) is 12.3. The van der Waals surface area contributed by atoms with E-state index >= 15 is 0 Å². The van der Waals surface area contributed by atoms with Gasteiger partial charge in [-0.2, -0.15) is 0 Å². The highest BCUT2D eigenvalue weighted by molar-refractivity contribution is 6.34. The molecule has 2 atom stereocenters. The van der Waals surface area contributed by atoms with Gasteiger partial charge in [0.1, 0.15) is 4.87 Å². The second-order valence-corrected chi connectivity index (χ2v) is 5.31. The molecular weight excluding hydrogens is 277 g/mol. The van der Waals surface area contributed by atoms with Crippen LogP contribution >= 0.6 is 23.2 Å². The summed E-state index contributed by atoms with van der Waals surface area (Å²) in [7, 11) is 0.